The number of fused-ring (bicyclic) bond motifs is 2. The summed E-state index contributed by atoms with van der Waals surface area (Å²) in [6, 6.07) is 41.7. The van der Waals surface area contributed by atoms with Crippen LogP contribution in [0.2, 0.25) is 0 Å². The molecule has 0 aromatic heterocycles. The Kier molecular flexibility index (Phi) is 25.4. The Balaban J connectivity index is 0.000000344. The number of rotatable bonds is 10. The molecule has 2 saturated carbocycles. The average Bonchev–Trinajstić information content (AvgIpc) is 3.84. The third kappa shape index (κ3) is 15.0. The van der Waals surface area contributed by atoms with Gasteiger partial charge in [-0.3, -0.25) is 0 Å². The third-order valence-corrected chi connectivity index (χ3v) is 11.7. The summed E-state index contributed by atoms with van der Waals surface area (Å²) in [5, 5.41) is 5.66. The number of hydrogen-bond donors (Lipinski definition) is 0. The molecule has 2 radical (unpaired) electrons. The van der Waals surface area contributed by atoms with Gasteiger partial charge in [0.2, 0.25) is 0 Å². The fourth-order valence-electron chi connectivity index (χ4n) is 9.06. The van der Waals surface area contributed by atoms with Crippen molar-refractivity contribution in [2.45, 2.75) is 130 Å². The molecule has 312 valence electrons. The Labute approximate surface area is 383 Å². The minimum atomic E-state index is 0. The van der Waals surface area contributed by atoms with Gasteiger partial charge in [0, 0.05) is 0 Å². The predicted molar refractivity (Wildman–Crippen MR) is 261 cm³/mol. The predicted octanol–water partition coefficient (Wildman–Crippen LogP) is 16.7. The average molecular weight is 909 g/mol. The van der Waals surface area contributed by atoms with Crippen LogP contribution in [0.15, 0.2) is 109 Å². The molecular formula is C54H70Cl2SiZr-4. The van der Waals surface area contributed by atoms with Crippen molar-refractivity contribution in [2.24, 2.45) is 11.8 Å². The zero-order valence-electron chi connectivity index (χ0n) is 36.1. The van der Waals surface area contributed by atoms with E-state index < -0.39 is 0 Å². The van der Waals surface area contributed by atoms with Crippen molar-refractivity contribution in [1.29, 1.82) is 0 Å². The zero-order chi connectivity index (χ0) is 38.8. The molecule has 0 nitrogen and oxygen atoms in total. The maximum atomic E-state index is 3.49. The molecule has 4 heteroatoms. The Bertz CT molecular complexity index is 1830. The minimum absolute atomic E-state index is 0. The van der Waals surface area contributed by atoms with Gasteiger partial charge >= 0.3 is 30.2 Å². The Hall–Kier alpha value is -2.22. The summed E-state index contributed by atoms with van der Waals surface area (Å²) in [7, 11) is 0. The molecule has 0 heterocycles. The van der Waals surface area contributed by atoms with Crippen LogP contribution in [0, 0.1) is 26.2 Å². The standard InChI is InChI=1S/2C25H29.C3H7.CH3.2ClH.Si.Zr/c2*1-2-7-19-12-14-22(15-13-19)24-11-6-10-23-17-21(18-25(23)24)16-20-8-4-3-5-9-20;1-3-2;;;;;/h2*6,10-15,17-18,20H,2-5,7-9,16H2,1H3;1,3H2,2H3;1H3;2*1H;;/q4*-1;;;;. The first-order valence-electron chi connectivity index (χ1n) is 21.7. The summed E-state index contributed by atoms with van der Waals surface area (Å²) in [5.41, 5.74) is 11.4. The first kappa shape index (κ1) is 51.9. The van der Waals surface area contributed by atoms with Gasteiger partial charge < -0.3 is 14.4 Å². The number of halogens is 2. The fourth-order valence-corrected chi connectivity index (χ4v) is 9.06. The van der Waals surface area contributed by atoms with Crippen molar-refractivity contribution < 1.29 is 23.3 Å². The Morgan fingerprint density at radius 1 is 0.552 bits per heavy atom. The zero-order valence-corrected chi connectivity index (χ0v) is 41.2. The van der Waals surface area contributed by atoms with Gasteiger partial charge in [-0.15, -0.1) is 93.9 Å². The number of hydrogen-bond acceptors (Lipinski definition) is 0. The van der Waals surface area contributed by atoms with Crippen LogP contribution in [-0.2, 0) is 49.0 Å². The van der Waals surface area contributed by atoms with Crippen LogP contribution in [0.4, 0.5) is 0 Å². The van der Waals surface area contributed by atoms with Gasteiger partial charge in [0.25, 0.3) is 0 Å². The molecule has 6 aromatic carbocycles. The molecule has 6 aromatic rings. The van der Waals surface area contributed by atoms with Crippen LogP contribution in [0.5, 0.6) is 0 Å². The summed E-state index contributed by atoms with van der Waals surface area (Å²) in [4.78, 5) is 0. The Morgan fingerprint density at radius 2 is 0.897 bits per heavy atom. The van der Waals surface area contributed by atoms with Crippen molar-refractivity contribution in [3.05, 3.63) is 146 Å². The van der Waals surface area contributed by atoms with E-state index in [9.17, 15) is 0 Å². The van der Waals surface area contributed by atoms with Gasteiger partial charge in [-0.05, 0) is 59.8 Å². The van der Waals surface area contributed by atoms with E-state index in [1.807, 2.05) is 6.92 Å². The molecule has 2 aliphatic carbocycles. The molecule has 0 unspecified atom stereocenters. The van der Waals surface area contributed by atoms with Crippen LogP contribution < -0.4 is 0 Å². The van der Waals surface area contributed by atoms with Crippen LogP contribution in [0.25, 0.3) is 43.8 Å². The molecule has 0 spiro atoms. The van der Waals surface area contributed by atoms with Crippen molar-refractivity contribution >= 4 is 53.2 Å². The van der Waals surface area contributed by atoms with Crippen molar-refractivity contribution in [3.8, 4) is 22.3 Å². The van der Waals surface area contributed by atoms with Crippen LogP contribution in [0.1, 0.15) is 126 Å². The molecular weight excluding hydrogens is 839 g/mol. The first-order chi connectivity index (χ1) is 27.1. The van der Waals surface area contributed by atoms with Gasteiger partial charge in [-0.1, -0.05) is 170 Å². The Morgan fingerprint density at radius 3 is 1.22 bits per heavy atom. The molecule has 8 rings (SSSR count). The molecule has 58 heavy (non-hydrogen) atoms. The van der Waals surface area contributed by atoms with Crippen molar-refractivity contribution in [2.75, 3.05) is 0 Å². The van der Waals surface area contributed by atoms with Gasteiger partial charge in [0.15, 0.2) is 0 Å². The molecule has 0 N–H and O–H groups in total. The number of aryl methyl sites for hydroxylation is 2. The molecule has 2 fully saturated rings. The van der Waals surface area contributed by atoms with Gasteiger partial charge in [0.05, 0.1) is 0 Å². The molecule has 0 bridgehead atoms. The van der Waals surface area contributed by atoms with E-state index in [2.05, 4.69) is 137 Å². The summed E-state index contributed by atoms with van der Waals surface area (Å²) in [6.07, 6.45) is 22.6. The van der Waals surface area contributed by atoms with Gasteiger partial charge in [-0.2, -0.15) is 18.6 Å². The molecule has 2 aliphatic rings. The second kappa shape index (κ2) is 28.3. The monoisotopic (exact) mass is 906 g/mol. The summed E-state index contributed by atoms with van der Waals surface area (Å²) < 4.78 is 0. The van der Waals surface area contributed by atoms with Crippen LogP contribution in [-0.4, -0.2) is 6.88 Å². The van der Waals surface area contributed by atoms with E-state index in [0.717, 1.165) is 18.3 Å². The molecule has 0 amide bonds. The first-order valence-corrected chi connectivity index (χ1v) is 25.9. The topological polar surface area (TPSA) is 0 Å². The van der Waals surface area contributed by atoms with E-state index in [4.69, 9.17) is 0 Å². The second-order valence-electron chi connectivity index (χ2n) is 16.2. The summed E-state index contributed by atoms with van der Waals surface area (Å²) in [6.45, 7) is 13.0. The van der Waals surface area contributed by atoms with Crippen LogP contribution >= 0.6 is 24.8 Å². The van der Waals surface area contributed by atoms with E-state index in [0.29, 0.717) is 0 Å². The van der Waals surface area contributed by atoms with E-state index in [1.165, 1.54) is 192 Å². The van der Waals surface area contributed by atoms with E-state index in [1.54, 1.807) is 0 Å². The van der Waals surface area contributed by atoms with Gasteiger partial charge in [0.1, 0.15) is 0 Å². The molecule has 0 atom stereocenters. The van der Waals surface area contributed by atoms with Crippen LogP contribution in [0.3, 0.4) is 0 Å². The summed E-state index contributed by atoms with van der Waals surface area (Å²) >= 11 is 1.36. The summed E-state index contributed by atoms with van der Waals surface area (Å²) in [5.74, 6) is 1.81. The normalized spacial score (nSPS) is 13.9. The molecule has 0 aliphatic heterocycles. The van der Waals surface area contributed by atoms with E-state index >= 15 is 0 Å². The second-order valence-corrected chi connectivity index (χ2v) is 16.2. The van der Waals surface area contributed by atoms with Crippen molar-refractivity contribution in [3.63, 3.8) is 0 Å². The van der Waals surface area contributed by atoms with Gasteiger partial charge in [-0.25, -0.2) is 0 Å². The third-order valence-electron chi connectivity index (χ3n) is 11.7. The van der Waals surface area contributed by atoms with E-state index in [-0.39, 0.29) is 32.2 Å². The van der Waals surface area contributed by atoms with Crippen molar-refractivity contribution in [1.82, 2.24) is 0 Å². The quantitative estimate of drug-likeness (QED) is 0.0949. The number of benzene rings is 4. The maximum absolute atomic E-state index is 3.49. The molecule has 0 saturated heterocycles. The SMILES string of the molecule is CCCc1ccc(-c2cccc3[cH-]c(CC4CCCCC4)cc23)cc1.CCCc1ccc(-c2cccc3[cH-]c(CC4CCCCC4)cc23)cc1.Cl.Cl.[CH2-]CC.[CH3-].[Si]=[Zr]. The fraction of sp³-hybridized carbons (Fsp3) is 0.407.